The van der Waals surface area contributed by atoms with Crippen molar-refractivity contribution in [3.05, 3.63) is 11.6 Å². The maximum Gasteiger partial charge on any atom is 0.336 e. The van der Waals surface area contributed by atoms with Crippen molar-refractivity contribution < 1.29 is 19.0 Å². The molecule has 0 bridgehead atoms. The number of ether oxygens (including phenoxy) is 3. The van der Waals surface area contributed by atoms with Gasteiger partial charge in [0, 0.05) is 0 Å². The summed E-state index contributed by atoms with van der Waals surface area (Å²) >= 11 is 0. The van der Waals surface area contributed by atoms with Crippen LogP contribution in [0, 0.1) is 11.8 Å². The van der Waals surface area contributed by atoms with Crippen molar-refractivity contribution in [2.24, 2.45) is 11.8 Å². The lowest BCUT2D eigenvalue weighted by Crippen LogP contribution is -2.34. The molecule has 1 aliphatic heterocycles. The van der Waals surface area contributed by atoms with Gasteiger partial charge in [0.15, 0.2) is 5.79 Å². The van der Waals surface area contributed by atoms with E-state index in [1.165, 1.54) is 0 Å². The molecule has 0 aromatic carbocycles. The van der Waals surface area contributed by atoms with E-state index in [1.54, 1.807) is 0 Å². The van der Waals surface area contributed by atoms with Gasteiger partial charge >= 0.3 is 5.97 Å². The van der Waals surface area contributed by atoms with Gasteiger partial charge in [-0.25, -0.2) is 4.79 Å². The molecule has 0 aromatic heterocycles. The zero-order valence-electron chi connectivity index (χ0n) is 10.4. The molecule has 3 aliphatic rings. The average molecular weight is 238 g/mol. The van der Waals surface area contributed by atoms with E-state index in [-0.39, 0.29) is 18.2 Å². The van der Waals surface area contributed by atoms with E-state index in [0.29, 0.717) is 24.0 Å². The summed E-state index contributed by atoms with van der Waals surface area (Å²) in [6, 6.07) is 0. The molecule has 4 nitrogen and oxygen atoms in total. The monoisotopic (exact) mass is 238 g/mol. The molecule has 2 fully saturated rings. The van der Waals surface area contributed by atoms with E-state index < -0.39 is 5.79 Å². The van der Waals surface area contributed by atoms with Crippen molar-refractivity contribution in [2.75, 3.05) is 6.61 Å². The van der Waals surface area contributed by atoms with Crippen LogP contribution in [0.2, 0.25) is 0 Å². The third kappa shape index (κ3) is 1.79. The van der Waals surface area contributed by atoms with E-state index in [4.69, 9.17) is 14.2 Å². The molecule has 0 amide bonds. The molecule has 0 unspecified atom stereocenters. The van der Waals surface area contributed by atoms with Crippen LogP contribution in [0.15, 0.2) is 11.6 Å². The lowest BCUT2D eigenvalue weighted by Gasteiger charge is -2.22. The van der Waals surface area contributed by atoms with Crippen molar-refractivity contribution in [1.29, 1.82) is 0 Å². The van der Waals surface area contributed by atoms with Gasteiger partial charge in [0.2, 0.25) is 0 Å². The van der Waals surface area contributed by atoms with Crippen LogP contribution < -0.4 is 0 Å². The summed E-state index contributed by atoms with van der Waals surface area (Å²) in [6.07, 6.45) is 2.91. The SMILES string of the molecule is CCOC(=O)C1=C[C@H]2C[C@H]2[C@@H]2OC(C)(C)O[C@H]12. The lowest BCUT2D eigenvalue weighted by molar-refractivity contribution is -0.148. The van der Waals surface area contributed by atoms with Crippen LogP contribution in [0.5, 0.6) is 0 Å². The third-order valence-corrected chi connectivity index (χ3v) is 3.65. The second-order valence-electron chi connectivity index (χ2n) is 5.43. The van der Waals surface area contributed by atoms with Gasteiger partial charge in [0.25, 0.3) is 0 Å². The van der Waals surface area contributed by atoms with E-state index in [2.05, 4.69) is 0 Å². The average Bonchev–Trinajstić information content (AvgIpc) is 2.93. The molecule has 0 aromatic rings. The van der Waals surface area contributed by atoms with Crippen LogP contribution in [0.4, 0.5) is 0 Å². The molecule has 0 N–H and O–H groups in total. The molecule has 94 valence electrons. The molecule has 4 atom stereocenters. The maximum absolute atomic E-state index is 11.9. The highest BCUT2D eigenvalue weighted by Crippen LogP contribution is 2.54. The Morgan fingerprint density at radius 1 is 1.53 bits per heavy atom. The van der Waals surface area contributed by atoms with Gasteiger partial charge in [-0.1, -0.05) is 6.08 Å². The minimum Gasteiger partial charge on any atom is -0.463 e. The van der Waals surface area contributed by atoms with Crippen LogP contribution in [0.25, 0.3) is 0 Å². The summed E-state index contributed by atoms with van der Waals surface area (Å²) in [5.41, 5.74) is 0.654. The Labute approximate surface area is 101 Å². The second kappa shape index (κ2) is 3.56. The zero-order chi connectivity index (χ0) is 12.2. The van der Waals surface area contributed by atoms with E-state index in [1.807, 2.05) is 26.8 Å². The number of carbonyl (C=O) groups excluding carboxylic acids is 1. The zero-order valence-corrected chi connectivity index (χ0v) is 10.4. The number of hydrogen-bond acceptors (Lipinski definition) is 4. The highest BCUT2D eigenvalue weighted by Gasteiger charge is 2.58. The highest BCUT2D eigenvalue weighted by molar-refractivity contribution is 5.90. The summed E-state index contributed by atoms with van der Waals surface area (Å²) in [5, 5.41) is 0. The van der Waals surface area contributed by atoms with Gasteiger partial charge in [-0.3, -0.25) is 0 Å². The molecule has 1 saturated carbocycles. The highest BCUT2D eigenvalue weighted by atomic mass is 16.8. The van der Waals surface area contributed by atoms with Crippen LogP contribution in [0.1, 0.15) is 27.2 Å². The van der Waals surface area contributed by atoms with E-state index in [0.717, 1.165) is 6.42 Å². The Kier molecular flexibility index (Phi) is 2.35. The molecule has 17 heavy (non-hydrogen) atoms. The molecule has 1 saturated heterocycles. The molecule has 2 aliphatic carbocycles. The van der Waals surface area contributed by atoms with Crippen LogP contribution in [0.3, 0.4) is 0 Å². The summed E-state index contributed by atoms with van der Waals surface area (Å²) in [7, 11) is 0. The Balaban J connectivity index is 1.86. The minimum absolute atomic E-state index is 0.0272. The van der Waals surface area contributed by atoms with Gasteiger partial charge in [0.1, 0.15) is 6.10 Å². The number of allylic oxidation sites excluding steroid dienone is 1. The smallest absolute Gasteiger partial charge is 0.336 e. The fraction of sp³-hybridized carbons (Fsp3) is 0.769. The Morgan fingerprint density at radius 3 is 3.00 bits per heavy atom. The fourth-order valence-corrected chi connectivity index (χ4v) is 2.87. The number of rotatable bonds is 2. The van der Waals surface area contributed by atoms with Gasteiger partial charge in [-0.15, -0.1) is 0 Å². The van der Waals surface area contributed by atoms with E-state index >= 15 is 0 Å². The standard InChI is InChI=1S/C13H18O4/c1-4-15-12(14)9-6-7-5-8(7)10-11(9)17-13(2,3)16-10/h6-8,10-11H,4-5H2,1-3H3/t7-,8-,10+,11-/m1/s1. The Bertz CT molecular complexity index is 385. The normalized spacial score (nSPS) is 41.2. The first kappa shape index (κ1) is 11.2. The molecule has 4 heteroatoms. The first-order valence-corrected chi connectivity index (χ1v) is 6.26. The van der Waals surface area contributed by atoms with Gasteiger partial charge in [-0.05, 0) is 39.0 Å². The summed E-state index contributed by atoms with van der Waals surface area (Å²) in [5.74, 6) is 0.153. The predicted molar refractivity (Wildman–Crippen MR) is 60.1 cm³/mol. The van der Waals surface area contributed by atoms with Crippen molar-refractivity contribution in [1.82, 2.24) is 0 Å². The molecule has 1 heterocycles. The minimum atomic E-state index is -0.599. The topological polar surface area (TPSA) is 44.8 Å². The van der Waals surface area contributed by atoms with Crippen LogP contribution >= 0.6 is 0 Å². The maximum atomic E-state index is 11.9. The van der Waals surface area contributed by atoms with Crippen LogP contribution in [-0.2, 0) is 19.0 Å². The number of hydrogen-bond donors (Lipinski definition) is 0. The number of fused-ring (bicyclic) bond motifs is 3. The van der Waals surface area contributed by atoms with Crippen molar-refractivity contribution in [3.63, 3.8) is 0 Å². The Hall–Kier alpha value is -0.870. The predicted octanol–water partition coefficient (Wildman–Crippen LogP) is 1.65. The van der Waals surface area contributed by atoms with Crippen molar-refractivity contribution in [3.8, 4) is 0 Å². The molecule has 0 spiro atoms. The number of esters is 1. The Morgan fingerprint density at radius 2 is 2.29 bits per heavy atom. The quantitative estimate of drug-likeness (QED) is 0.686. The molecule has 0 radical (unpaired) electrons. The second-order valence-corrected chi connectivity index (χ2v) is 5.43. The summed E-state index contributed by atoms with van der Waals surface area (Å²) < 4.78 is 16.8. The molecular formula is C13H18O4. The number of carbonyl (C=O) groups is 1. The lowest BCUT2D eigenvalue weighted by atomic mass is 9.94. The fourth-order valence-electron chi connectivity index (χ4n) is 2.87. The molecule has 3 rings (SSSR count). The molecular weight excluding hydrogens is 220 g/mol. The summed E-state index contributed by atoms with van der Waals surface area (Å²) in [6.45, 7) is 6.00. The third-order valence-electron chi connectivity index (χ3n) is 3.65. The summed E-state index contributed by atoms with van der Waals surface area (Å²) in [4.78, 5) is 11.9. The van der Waals surface area contributed by atoms with Gasteiger partial charge < -0.3 is 14.2 Å². The first-order chi connectivity index (χ1) is 8.02. The van der Waals surface area contributed by atoms with E-state index in [9.17, 15) is 4.79 Å². The largest absolute Gasteiger partial charge is 0.463 e. The van der Waals surface area contributed by atoms with Crippen LogP contribution in [-0.4, -0.2) is 30.6 Å². The van der Waals surface area contributed by atoms with Crippen molar-refractivity contribution >= 4 is 5.97 Å². The van der Waals surface area contributed by atoms with Gasteiger partial charge in [0.05, 0.1) is 18.3 Å². The first-order valence-electron chi connectivity index (χ1n) is 6.26. The van der Waals surface area contributed by atoms with Gasteiger partial charge in [-0.2, -0.15) is 0 Å². The van der Waals surface area contributed by atoms with Crippen molar-refractivity contribution in [2.45, 2.75) is 45.2 Å².